The van der Waals surface area contributed by atoms with Crippen molar-refractivity contribution in [3.8, 4) is 0 Å². The first-order valence-electron chi connectivity index (χ1n) is 11.6. The average molecular weight is 520 g/mol. The van der Waals surface area contributed by atoms with Crippen molar-refractivity contribution < 1.29 is 29.1 Å². The third-order valence-corrected chi connectivity index (χ3v) is 5.76. The van der Waals surface area contributed by atoms with Crippen LogP contribution in [0.25, 0.3) is 0 Å². The number of hydrogen-bond acceptors (Lipinski definition) is 8. The van der Waals surface area contributed by atoms with Gasteiger partial charge in [-0.3, -0.25) is 19.2 Å². The highest BCUT2D eigenvalue weighted by molar-refractivity contribution is 5.96. The maximum atomic E-state index is 13.2. The molecule has 37 heavy (non-hydrogen) atoms. The second kappa shape index (κ2) is 13.7. The van der Waals surface area contributed by atoms with E-state index in [9.17, 15) is 29.1 Å². The van der Waals surface area contributed by atoms with E-state index >= 15 is 0 Å². The first kappa shape index (κ1) is 29.0. The second-order valence-electron chi connectivity index (χ2n) is 8.67. The molecular weight excluding hydrogens is 486 g/mol. The standard InChI is InChI=1S/C22H33N9O6/c1-3-11(2)18(22(36)37)31-21(35)16(6-17(24)32)30-20(34)15(5-13-8-26-10-28-13)29-19(33)14(23)4-12-7-25-9-27-12/h7-11,14-16,18H,3-6,23H2,1-2H3,(H2,24,32)(H,25,27)(H,26,28)(H,29,33)(H,30,34)(H,31,35)(H,36,37). The van der Waals surface area contributed by atoms with Crippen molar-refractivity contribution >= 4 is 29.6 Å². The van der Waals surface area contributed by atoms with Gasteiger partial charge < -0.3 is 42.5 Å². The molecule has 0 bridgehead atoms. The predicted octanol–water partition coefficient (Wildman–Crippen LogP) is -2.29. The number of nitrogens with two attached hydrogens (primary N) is 2. The summed E-state index contributed by atoms with van der Waals surface area (Å²) in [6.45, 7) is 3.40. The van der Waals surface area contributed by atoms with Crippen LogP contribution >= 0.6 is 0 Å². The van der Waals surface area contributed by atoms with Gasteiger partial charge in [0.2, 0.25) is 23.6 Å². The van der Waals surface area contributed by atoms with Crippen molar-refractivity contribution in [3.63, 3.8) is 0 Å². The number of aliphatic carboxylic acids is 1. The van der Waals surface area contributed by atoms with Crippen LogP contribution in [-0.2, 0) is 36.8 Å². The van der Waals surface area contributed by atoms with Crippen LogP contribution in [0.4, 0.5) is 0 Å². The largest absolute Gasteiger partial charge is 0.480 e. The van der Waals surface area contributed by atoms with Gasteiger partial charge in [0.15, 0.2) is 0 Å². The van der Waals surface area contributed by atoms with Crippen LogP contribution in [0.5, 0.6) is 0 Å². The van der Waals surface area contributed by atoms with Crippen molar-refractivity contribution in [2.45, 2.75) is 63.7 Å². The Kier molecular flexibility index (Phi) is 10.7. The van der Waals surface area contributed by atoms with Crippen LogP contribution in [0, 0.1) is 5.92 Å². The smallest absolute Gasteiger partial charge is 0.326 e. The average Bonchev–Trinajstić information content (AvgIpc) is 3.54. The van der Waals surface area contributed by atoms with Gasteiger partial charge >= 0.3 is 5.97 Å². The van der Waals surface area contributed by atoms with E-state index in [0.717, 1.165) is 0 Å². The third-order valence-electron chi connectivity index (χ3n) is 5.76. The molecule has 10 N–H and O–H groups in total. The Morgan fingerprint density at radius 2 is 1.46 bits per heavy atom. The Labute approximate surface area is 212 Å². The summed E-state index contributed by atoms with van der Waals surface area (Å²) in [7, 11) is 0. The lowest BCUT2D eigenvalue weighted by molar-refractivity contribution is -0.144. The zero-order valence-electron chi connectivity index (χ0n) is 20.6. The number of carbonyl (C=O) groups excluding carboxylic acids is 4. The first-order chi connectivity index (χ1) is 17.5. The highest BCUT2D eigenvalue weighted by Gasteiger charge is 2.33. The van der Waals surface area contributed by atoms with Gasteiger partial charge in [-0.2, -0.15) is 0 Å². The highest BCUT2D eigenvalue weighted by Crippen LogP contribution is 2.09. The lowest BCUT2D eigenvalue weighted by atomic mass is 9.98. The Morgan fingerprint density at radius 3 is 1.95 bits per heavy atom. The van der Waals surface area contributed by atoms with Gasteiger partial charge in [-0.25, -0.2) is 14.8 Å². The van der Waals surface area contributed by atoms with Crippen molar-refractivity contribution in [3.05, 3.63) is 36.4 Å². The molecule has 2 rings (SSSR count). The van der Waals surface area contributed by atoms with Gasteiger partial charge in [0.1, 0.15) is 18.1 Å². The molecule has 202 valence electrons. The summed E-state index contributed by atoms with van der Waals surface area (Å²) in [5.41, 5.74) is 12.4. The maximum Gasteiger partial charge on any atom is 0.326 e. The minimum Gasteiger partial charge on any atom is -0.480 e. The van der Waals surface area contributed by atoms with E-state index in [1.807, 2.05) is 0 Å². The van der Waals surface area contributed by atoms with E-state index in [1.54, 1.807) is 13.8 Å². The summed E-state index contributed by atoms with van der Waals surface area (Å²) >= 11 is 0. The molecule has 4 amide bonds. The van der Waals surface area contributed by atoms with E-state index in [2.05, 4.69) is 35.9 Å². The van der Waals surface area contributed by atoms with Gasteiger partial charge in [-0.15, -0.1) is 0 Å². The quantitative estimate of drug-likeness (QED) is 0.126. The Morgan fingerprint density at radius 1 is 0.919 bits per heavy atom. The molecular formula is C22H33N9O6. The van der Waals surface area contributed by atoms with E-state index in [4.69, 9.17) is 11.5 Å². The maximum absolute atomic E-state index is 13.2. The van der Waals surface area contributed by atoms with E-state index in [0.29, 0.717) is 17.8 Å². The molecule has 0 aliphatic heterocycles. The number of carboxylic acids is 1. The number of H-pyrrole nitrogens is 2. The van der Waals surface area contributed by atoms with Crippen LogP contribution in [0.3, 0.4) is 0 Å². The molecule has 5 atom stereocenters. The minimum absolute atomic E-state index is 0.0378. The van der Waals surface area contributed by atoms with Crippen LogP contribution in [-0.4, -0.2) is 78.8 Å². The third kappa shape index (κ3) is 9.03. The number of carbonyl (C=O) groups is 5. The fourth-order valence-electron chi connectivity index (χ4n) is 3.45. The number of aromatic amines is 2. The topological polar surface area (TPSA) is 251 Å². The van der Waals surface area contributed by atoms with Gasteiger partial charge in [-0.05, 0) is 5.92 Å². The molecule has 0 radical (unpaired) electrons. The van der Waals surface area contributed by atoms with Gasteiger partial charge in [0.05, 0.1) is 25.1 Å². The number of nitrogens with one attached hydrogen (secondary N) is 5. The van der Waals surface area contributed by atoms with Crippen molar-refractivity contribution in [1.29, 1.82) is 0 Å². The van der Waals surface area contributed by atoms with Gasteiger partial charge in [0.25, 0.3) is 0 Å². The second-order valence-corrected chi connectivity index (χ2v) is 8.67. The molecule has 2 heterocycles. The summed E-state index contributed by atoms with van der Waals surface area (Å²) in [5.74, 6) is -4.94. The summed E-state index contributed by atoms with van der Waals surface area (Å²) in [4.78, 5) is 75.4. The van der Waals surface area contributed by atoms with Gasteiger partial charge in [0, 0.05) is 36.6 Å². The summed E-state index contributed by atoms with van der Waals surface area (Å²) < 4.78 is 0. The highest BCUT2D eigenvalue weighted by atomic mass is 16.4. The van der Waals surface area contributed by atoms with Gasteiger partial charge in [-0.1, -0.05) is 20.3 Å². The number of carboxylic acid groups (broad SMARTS) is 1. The molecule has 0 aliphatic carbocycles. The summed E-state index contributed by atoms with van der Waals surface area (Å²) in [5, 5.41) is 16.8. The molecule has 0 spiro atoms. The number of hydrogen-bond donors (Lipinski definition) is 8. The number of imidazole rings is 2. The fraction of sp³-hybridized carbons (Fsp3) is 0.500. The Hall–Kier alpha value is -4.27. The zero-order chi connectivity index (χ0) is 27.5. The molecule has 15 heteroatoms. The molecule has 0 aliphatic rings. The number of amides is 4. The Bertz CT molecular complexity index is 1060. The molecule has 0 saturated carbocycles. The van der Waals surface area contributed by atoms with E-state index in [1.165, 1.54) is 25.0 Å². The van der Waals surface area contributed by atoms with Crippen LogP contribution in [0.15, 0.2) is 25.0 Å². The Balaban J connectivity index is 2.18. The normalized spacial score (nSPS) is 15.0. The summed E-state index contributed by atoms with van der Waals surface area (Å²) in [6.07, 6.45) is 5.75. The molecule has 0 saturated heterocycles. The van der Waals surface area contributed by atoms with Crippen molar-refractivity contribution in [2.24, 2.45) is 17.4 Å². The van der Waals surface area contributed by atoms with Crippen LogP contribution in [0.2, 0.25) is 0 Å². The first-order valence-corrected chi connectivity index (χ1v) is 11.6. The fourth-order valence-corrected chi connectivity index (χ4v) is 3.45. The van der Waals surface area contributed by atoms with Crippen LogP contribution < -0.4 is 27.4 Å². The molecule has 2 aromatic rings. The molecule has 2 aromatic heterocycles. The molecule has 0 fully saturated rings. The number of rotatable bonds is 15. The van der Waals surface area contributed by atoms with E-state index in [-0.39, 0.29) is 12.8 Å². The predicted molar refractivity (Wildman–Crippen MR) is 129 cm³/mol. The lowest BCUT2D eigenvalue weighted by Gasteiger charge is -2.26. The molecule has 15 nitrogen and oxygen atoms in total. The van der Waals surface area contributed by atoms with Crippen molar-refractivity contribution in [1.82, 2.24) is 35.9 Å². The molecule has 0 aromatic carbocycles. The number of primary amides is 1. The number of aromatic nitrogens is 4. The van der Waals surface area contributed by atoms with Crippen molar-refractivity contribution in [2.75, 3.05) is 0 Å². The lowest BCUT2D eigenvalue weighted by Crippen LogP contribution is -2.59. The SMILES string of the molecule is CCC(C)C(NC(=O)C(CC(N)=O)NC(=O)C(Cc1cnc[nH]1)NC(=O)C(N)Cc1cnc[nH]1)C(=O)O. The summed E-state index contributed by atoms with van der Waals surface area (Å²) in [6, 6.07) is -4.95. The minimum atomic E-state index is -1.48. The zero-order valence-corrected chi connectivity index (χ0v) is 20.6. The number of nitrogens with zero attached hydrogens (tertiary/aromatic N) is 2. The monoisotopic (exact) mass is 519 g/mol. The van der Waals surface area contributed by atoms with Crippen LogP contribution in [0.1, 0.15) is 38.1 Å². The molecule has 5 unspecified atom stereocenters. The van der Waals surface area contributed by atoms with E-state index < -0.39 is 66.1 Å².